The number of ether oxygens (including phenoxy) is 2. The average molecular weight is 496 g/mol. The van der Waals surface area contributed by atoms with E-state index >= 15 is 0 Å². The van der Waals surface area contributed by atoms with Gasteiger partial charge >= 0.3 is 0 Å². The molecule has 2 aromatic rings. The normalized spacial score (nSPS) is 14.1. The van der Waals surface area contributed by atoms with E-state index in [1.165, 1.54) is 30.6 Å². The van der Waals surface area contributed by atoms with E-state index in [0.717, 1.165) is 60.3 Å². The third-order valence-electron chi connectivity index (χ3n) is 6.00. The van der Waals surface area contributed by atoms with Crippen LogP contribution in [0.4, 0.5) is 0 Å². The number of hydrogen-bond acceptors (Lipinski definition) is 6. The Morgan fingerprint density at radius 3 is 2.55 bits per heavy atom. The fraction of sp³-hybridized carbons (Fsp3) is 0.560. The smallest absolute Gasteiger partial charge is 0.261 e. The van der Waals surface area contributed by atoms with Crippen LogP contribution < -0.4 is 14.8 Å². The van der Waals surface area contributed by atoms with Crippen molar-refractivity contribution in [1.29, 1.82) is 0 Å². The van der Waals surface area contributed by atoms with Crippen molar-refractivity contribution in [2.75, 3.05) is 59.5 Å². The summed E-state index contributed by atoms with van der Waals surface area (Å²) in [5, 5.41) is 3.07. The van der Waals surface area contributed by atoms with Gasteiger partial charge in [-0.05, 0) is 74.9 Å². The van der Waals surface area contributed by atoms with E-state index in [2.05, 4.69) is 29.0 Å². The van der Waals surface area contributed by atoms with Crippen LogP contribution >= 0.6 is 23.7 Å². The Morgan fingerprint density at radius 2 is 1.85 bits per heavy atom. The maximum absolute atomic E-state index is 12.6. The molecule has 0 unspecified atom stereocenters. The highest BCUT2D eigenvalue weighted by molar-refractivity contribution is 7.17. The molecule has 1 amide bonds. The van der Waals surface area contributed by atoms with E-state index < -0.39 is 0 Å². The number of nitrogens with zero attached hydrogens (tertiary/aromatic N) is 2. The Hall–Kier alpha value is -1.80. The lowest BCUT2D eigenvalue weighted by atomic mass is 10.1. The molecule has 1 saturated heterocycles. The molecule has 1 aromatic heterocycles. The van der Waals surface area contributed by atoms with Crippen LogP contribution in [0.3, 0.4) is 0 Å². The number of amides is 1. The summed E-state index contributed by atoms with van der Waals surface area (Å²) in [5.41, 5.74) is 1.02. The van der Waals surface area contributed by atoms with E-state index in [1.807, 2.05) is 30.3 Å². The Labute approximate surface area is 208 Å². The van der Waals surface area contributed by atoms with Crippen LogP contribution in [0.25, 0.3) is 10.4 Å². The van der Waals surface area contributed by atoms with Crippen LogP contribution in [0, 0.1) is 0 Å². The standard InChI is InChI=1S/C25H37N3O3S.ClH/c1-4-27(5-2)17-18-31-21-10-9-20(19-22(21)30-3)23-11-12-24(32-23)25(29)26-13-16-28-14-7-6-8-15-28;/h9-12,19H,4-8,13-18H2,1-3H3,(H,26,29);1H. The lowest BCUT2D eigenvalue weighted by molar-refractivity contribution is 0.0950. The summed E-state index contributed by atoms with van der Waals surface area (Å²) >= 11 is 1.50. The molecule has 0 spiro atoms. The lowest BCUT2D eigenvalue weighted by Gasteiger charge is -2.26. The van der Waals surface area contributed by atoms with Crippen LogP contribution in [0.5, 0.6) is 11.5 Å². The molecule has 1 N–H and O–H groups in total. The topological polar surface area (TPSA) is 54.0 Å². The lowest BCUT2D eigenvalue weighted by Crippen LogP contribution is -2.37. The molecule has 1 fully saturated rings. The highest BCUT2D eigenvalue weighted by Gasteiger charge is 2.14. The molecule has 0 atom stereocenters. The van der Waals surface area contributed by atoms with Crippen molar-refractivity contribution in [3.8, 4) is 21.9 Å². The monoisotopic (exact) mass is 495 g/mol. The molecular formula is C25H38ClN3O3S. The van der Waals surface area contributed by atoms with Gasteiger partial charge in [-0.15, -0.1) is 23.7 Å². The second-order valence-corrected chi connectivity index (χ2v) is 9.15. The minimum Gasteiger partial charge on any atom is -0.493 e. The van der Waals surface area contributed by atoms with Gasteiger partial charge in [0.2, 0.25) is 0 Å². The molecule has 0 radical (unpaired) electrons. The number of halogens is 1. The third-order valence-corrected chi connectivity index (χ3v) is 7.13. The number of hydrogen-bond donors (Lipinski definition) is 1. The summed E-state index contributed by atoms with van der Waals surface area (Å²) in [6, 6.07) is 9.86. The molecule has 184 valence electrons. The second-order valence-electron chi connectivity index (χ2n) is 8.06. The number of carbonyl (C=O) groups excluding carboxylic acids is 1. The predicted molar refractivity (Wildman–Crippen MR) is 139 cm³/mol. The molecule has 1 aliphatic rings. The first-order valence-electron chi connectivity index (χ1n) is 11.8. The number of benzene rings is 1. The quantitative estimate of drug-likeness (QED) is 0.459. The summed E-state index contributed by atoms with van der Waals surface area (Å²) < 4.78 is 11.5. The summed E-state index contributed by atoms with van der Waals surface area (Å²) in [7, 11) is 1.66. The van der Waals surface area contributed by atoms with Gasteiger partial charge in [0.15, 0.2) is 11.5 Å². The molecular weight excluding hydrogens is 458 g/mol. The summed E-state index contributed by atoms with van der Waals surface area (Å²) in [4.78, 5) is 19.1. The molecule has 2 heterocycles. The summed E-state index contributed by atoms with van der Waals surface area (Å²) in [6.07, 6.45) is 3.87. The zero-order valence-electron chi connectivity index (χ0n) is 20.1. The molecule has 3 rings (SSSR count). The van der Waals surface area contributed by atoms with Crippen LogP contribution in [-0.2, 0) is 0 Å². The van der Waals surface area contributed by atoms with Gasteiger partial charge in [0.1, 0.15) is 6.61 Å². The Balaban J connectivity index is 0.00000385. The number of piperidine rings is 1. The van der Waals surface area contributed by atoms with Gasteiger partial charge in [-0.2, -0.15) is 0 Å². The van der Waals surface area contributed by atoms with Crippen molar-refractivity contribution in [1.82, 2.24) is 15.1 Å². The Kier molecular flexibility index (Phi) is 12.0. The SMILES string of the molecule is CCN(CC)CCOc1ccc(-c2ccc(C(=O)NCCN3CCCCC3)s2)cc1OC.Cl. The minimum absolute atomic E-state index is 0. The van der Waals surface area contributed by atoms with Crippen LogP contribution in [0.2, 0.25) is 0 Å². The molecule has 6 nitrogen and oxygen atoms in total. The molecule has 0 aliphatic carbocycles. The average Bonchev–Trinajstić information content (AvgIpc) is 3.33. The number of likely N-dealkylation sites (N-methyl/N-ethyl adjacent to an activating group) is 1. The fourth-order valence-corrected chi connectivity index (χ4v) is 4.90. The van der Waals surface area contributed by atoms with Crippen LogP contribution in [0.1, 0.15) is 42.8 Å². The number of nitrogens with one attached hydrogen (secondary N) is 1. The number of rotatable bonds is 12. The molecule has 33 heavy (non-hydrogen) atoms. The van der Waals surface area contributed by atoms with E-state index in [9.17, 15) is 4.79 Å². The maximum atomic E-state index is 12.6. The first-order valence-corrected chi connectivity index (χ1v) is 12.6. The maximum Gasteiger partial charge on any atom is 0.261 e. The van der Waals surface area contributed by atoms with Crippen LogP contribution in [0.15, 0.2) is 30.3 Å². The largest absolute Gasteiger partial charge is 0.493 e. The van der Waals surface area contributed by atoms with Crippen molar-refractivity contribution < 1.29 is 14.3 Å². The van der Waals surface area contributed by atoms with E-state index in [0.29, 0.717) is 18.9 Å². The van der Waals surface area contributed by atoms with E-state index in [1.54, 1.807) is 7.11 Å². The first kappa shape index (κ1) is 27.4. The fourth-order valence-electron chi connectivity index (χ4n) is 3.98. The number of methoxy groups -OCH3 is 1. The second kappa shape index (κ2) is 14.5. The highest BCUT2D eigenvalue weighted by Crippen LogP contribution is 2.35. The van der Waals surface area contributed by atoms with Crippen molar-refractivity contribution >= 4 is 29.7 Å². The van der Waals surface area contributed by atoms with Gasteiger partial charge in [-0.25, -0.2) is 0 Å². The zero-order valence-corrected chi connectivity index (χ0v) is 21.7. The van der Waals surface area contributed by atoms with Gasteiger partial charge in [0, 0.05) is 24.5 Å². The van der Waals surface area contributed by atoms with Crippen LogP contribution in [-0.4, -0.2) is 75.2 Å². The first-order chi connectivity index (χ1) is 15.6. The summed E-state index contributed by atoms with van der Waals surface area (Å²) in [5.74, 6) is 1.46. The van der Waals surface area contributed by atoms with Crippen molar-refractivity contribution in [3.05, 3.63) is 35.2 Å². The molecule has 1 aromatic carbocycles. The number of likely N-dealkylation sites (tertiary alicyclic amines) is 1. The zero-order chi connectivity index (χ0) is 22.8. The predicted octanol–water partition coefficient (Wildman–Crippen LogP) is 4.78. The van der Waals surface area contributed by atoms with Gasteiger partial charge in [0.05, 0.1) is 12.0 Å². The third kappa shape index (κ3) is 8.18. The van der Waals surface area contributed by atoms with Crippen molar-refractivity contribution in [2.24, 2.45) is 0 Å². The molecule has 0 saturated carbocycles. The minimum atomic E-state index is 0. The Bertz CT molecular complexity index is 851. The molecule has 8 heteroatoms. The van der Waals surface area contributed by atoms with E-state index in [4.69, 9.17) is 9.47 Å². The summed E-state index contributed by atoms with van der Waals surface area (Å²) in [6.45, 7) is 11.8. The van der Waals surface area contributed by atoms with Gasteiger partial charge in [-0.3, -0.25) is 4.79 Å². The number of carbonyl (C=O) groups is 1. The molecule has 1 aliphatic heterocycles. The Morgan fingerprint density at radius 1 is 1.09 bits per heavy atom. The highest BCUT2D eigenvalue weighted by atomic mass is 35.5. The van der Waals surface area contributed by atoms with Gasteiger partial charge in [-0.1, -0.05) is 20.3 Å². The van der Waals surface area contributed by atoms with E-state index in [-0.39, 0.29) is 18.3 Å². The van der Waals surface area contributed by atoms with Gasteiger partial charge in [0.25, 0.3) is 5.91 Å². The van der Waals surface area contributed by atoms with Gasteiger partial charge < -0.3 is 24.6 Å². The van der Waals surface area contributed by atoms with Crippen molar-refractivity contribution in [3.63, 3.8) is 0 Å². The number of thiophene rings is 1. The van der Waals surface area contributed by atoms with Crippen molar-refractivity contribution in [2.45, 2.75) is 33.1 Å². The molecule has 0 bridgehead atoms.